The van der Waals surface area contributed by atoms with Crippen molar-refractivity contribution in [1.29, 1.82) is 0 Å². The number of carbonyl (C=O) groups excluding carboxylic acids is 2. The number of benzene rings is 2. The molecule has 0 radical (unpaired) electrons. The van der Waals surface area contributed by atoms with E-state index in [1.54, 1.807) is 12.1 Å². The van der Waals surface area contributed by atoms with Crippen LogP contribution in [-0.2, 0) is 14.8 Å². The van der Waals surface area contributed by atoms with Crippen molar-refractivity contribution < 1.29 is 27.9 Å². The highest BCUT2D eigenvalue weighted by Gasteiger charge is 2.25. The van der Waals surface area contributed by atoms with Gasteiger partial charge in [-0.3, -0.25) is 4.79 Å². The lowest BCUT2D eigenvalue weighted by Gasteiger charge is -2.17. The molecular formula is C20H23ClN2O6S. The second-order valence-electron chi connectivity index (χ2n) is 6.56. The van der Waals surface area contributed by atoms with E-state index in [1.165, 1.54) is 51.4 Å². The van der Waals surface area contributed by atoms with E-state index < -0.39 is 27.9 Å². The molecule has 162 valence electrons. The summed E-state index contributed by atoms with van der Waals surface area (Å²) in [7, 11) is -1.05. The van der Waals surface area contributed by atoms with E-state index in [-0.39, 0.29) is 29.3 Å². The van der Waals surface area contributed by atoms with Crippen LogP contribution in [0.2, 0.25) is 5.02 Å². The predicted octanol–water partition coefficient (Wildman–Crippen LogP) is 2.42. The van der Waals surface area contributed by atoms with Crippen molar-refractivity contribution in [2.75, 3.05) is 32.6 Å². The lowest BCUT2D eigenvalue weighted by atomic mass is 10.1. The quantitative estimate of drug-likeness (QED) is 0.442. The Morgan fingerprint density at radius 1 is 1.17 bits per heavy atom. The van der Waals surface area contributed by atoms with E-state index in [4.69, 9.17) is 21.4 Å². The maximum absolute atomic E-state index is 12.8. The minimum absolute atomic E-state index is 0.0675. The highest BCUT2D eigenvalue weighted by atomic mass is 35.5. The van der Waals surface area contributed by atoms with Crippen molar-refractivity contribution in [2.45, 2.75) is 17.9 Å². The Hall–Kier alpha value is -2.46. The average molecular weight is 455 g/mol. The van der Waals surface area contributed by atoms with E-state index in [9.17, 15) is 18.0 Å². The van der Waals surface area contributed by atoms with Crippen molar-refractivity contribution in [3.05, 3.63) is 58.6 Å². The number of aliphatic hydroxyl groups excluding tert-OH is 1. The molecule has 0 heterocycles. The first-order chi connectivity index (χ1) is 14.1. The molecule has 2 aromatic carbocycles. The highest BCUT2D eigenvalue weighted by Crippen LogP contribution is 2.24. The highest BCUT2D eigenvalue weighted by molar-refractivity contribution is 7.89. The molecule has 10 heteroatoms. The molecule has 0 bridgehead atoms. The molecule has 0 aliphatic rings. The van der Waals surface area contributed by atoms with Crippen LogP contribution in [0, 0.1) is 0 Å². The van der Waals surface area contributed by atoms with E-state index in [0.29, 0.717) is 10.6 Å². The van der Waals surface area contributed by atoms with Crippen LogP contribution in [0.15, 0.2) is 47.4 Å². The Balaban J connectivity index is 2.33. The molecule has 0 fully saturated rings. The number of sulfonamides is 1. The van der Waals surface area contributed by atoms with Gasteiger partial charge in [-0.25, -0.2) is 17.5 Å². The topological polar surface area (TPSA) is 113 Å². The molecular weight excluding hydrogens is 432 g/mol. The predicted molar refractivity (Wildman–Crippen MR) is 114 cm³/mol. The second kappa shape index (κ2) is 10.0. The smallest absolute Gasteiger partial charge is 0.341 e. The molecule has 0 aromatic heterocycles. The fourth-order valence-electron chi connectivity index (χ4n) is 2.53. The van der Waals surface area contributed by atoms with Gasteiger partial charge < -0.3 is 15.2 Å². The fraction of sp³-hybridized carbons (Fsp3) is 0.300. The number of Topliss-reactive ketones (excluding diaryl/α,β-unsaturated/α-hetero) is 1. The summed E-state index contributed by atoms with van der Waals surface area (Å²) < 4.78 is 31.2. The number of nitrogens with one attached hydrogen (secondary N) is 1. The maximum Gasteiger partial charge on any atom is 0.341 e. The van der Waals surface area contributed by atoms with Crippen LogP contribution >= 0.6 is 11.6 Å². The number of ketones is 1. The molecule has 1 atom stereocenters. The van der Waals surface area contributed by atoms with E-state index >= 15 is 0 Å². The van der Waals surface area contributed by atoms with Gasteiger partial charge in [-0.2, -0.15) is 0 Å². The number of hydrogen-bond acceptors (Lipinski definition) is 7. The largest absolute Gasteiger partial charge is 0.451 e. The Kier molecular flexibility index (Phi) is 7.96. The molecule has 8 nitrogen and oxygen atoms in total. The second-order valence-corrected chi connectivity index (χ2v) is 9.15. The Morgan fingerprint density at radius 2 is 1.80 bits per heavy atom. The Morgan fingerprint density at radius 3 is 2.37 bits per heavy atom. The first-order valence-electron chi connectivity index (χ1n) is 9.00. The van der Waals surface area contributed by atoms with Crippen LogP contribution < -0.4 is 5.32 Å². The summed E-state index contributed by atoms with van der Waals surface area (Å²) in [5, 5.41) is 12.3. The van der Waals surface area contributed by atoms with Crippen LogP contribution in [0.25, 0.3) is 0 Å². The summed E-state index contributed by atoms with van der Waals surface area (Å²) in [6, 6.07) is 10.1. The number of hydrogen-bond donors (Lipinski definition) is 2. The van der Waals surface area contributed by atoms with E-state index in [1.807, 2.05) is 0 Å². The number of rotatable bonds is 9. The average Bonchev–Trinajstić information content (AvgIpc) is 2.71. The maximum atomic E-state index is 12.8. The number of halogens is 1. The van der Waals surface area contributed by atoms with Crippen LogP contribution in [-0.4, -0.2) is 62.9 Å². The molecule has 0 spiro atoms. The molecule has 2 rings (SSSR count). The Labute approximate surface area is 180 Å². The van der Waals surface area contributed by atoms with Gasteiger partial charge in [-0.15, -0.1) is 0 Å². The zero-order valence-corrected chi connectivity index (χ0v) is 18.3. The van der Waals surface area contributed by atoms with Gasteiger partial charge in [0.05, 0.1) is 17.1 Å². The van der Waals surface area contributed by atoms with Gasteiger partial charge in [-0.05, 0) is 49.4 Å². The number of ether oxygens (including phenoxy) is 1. The normalized spacial score (nSPS) is 12.5. The van der Waals surface area contributed by atoms with Crippen molar-refractivity contribution >= 4 is 39.1 Å². The third-order valence-electron chi connectivity index (χ3n) is 4.20. The van der Waals surface area contributed by atoms with Gasteiger partial charge >= 0.3 is 5.97 Å². The molecule has 0 aliphatic carbocycles. The monoisotopic (exact) mass is 454 g/mol. The van der Waals surface area contributed by atoms with Crippen molar-refractivity contribution in [3.63, 3.8) is 0 Å². The van der Waals surface area contributed by atoms with Gasteiger partial charge in [0.1, 0.15) is 0 Å². The lowest BCUT2D eigenvalue weighted by molar-refractivity contribution is 0.0319. The minimum atomic E-state index is -3.79. The van der Waals surface area contributed by atoms with Gasteiger partial charge in [0.15, 0.2) is 6.10 Å². The number of carbonyl (C=O) groups is 2. The summed E-state index contributed by atoms with van der Waals surface area (Å²) in [6.45, 7) is 1.37. The van der Waals surface area contributed by atoms with Gasteiger partial charge in [0.2, 0.25) is 15.8 Å². The fourth-order valence-corrected chi connectivity index (χ4v) is 3.59. The first kappa shape index (κ1) is 23.8. The number of nitrogens with zero attached hydrogens (tertiary/aromatic N) is 1. The standard InChI is InChI=1S/C20H23ClN2O6S/c1-13(19(25)14-4-6-15(21)7-5-14)29-20(26)17-12-16(30(27,28)23(2)3)8-9-18(17)22-10-11-24/h4-9,12-13,22,24H,10-11H2,1-3H3. The van der Waals surface area contributed by atoms with Gasteiger partial charge in [0.25, 0.3) is 0 Å². The zero-order chi connectivity index (χ0) is 22.5. The summed E-state index contributed by atoms with van der Waals surface area (Å²) in [5.41, 5.74) is 0.530. The van der Waals surface area contributed by atoms with Crippen LogP contribution in [0.1, 0.15) is 27.6 Å². The lowest BCUT2D eigenvalue weighted by Crippen LogP contribution is -2.26. The van der Waals surface area contributed by atoms with Crippen LogP contribution in [0.5, 0.6) is 0 Å². The molecule has 1 unspecified atom stereocenters. The summed E-state index contributed by atoms with van der Waals surface area (Å²) in [6.07, 6.45) is -1.11. The molecule has 0 saturated carbocycles. The van der Waals surface area contributed by atoms with E-state index in [0.717, 1.165) is 4.31 Å². The SMILES string of the molecule is CC(OC(=O)c1cc(S(=O)(=O)N(C)C)ccc1NCCO)C(=O)c1ccc(Cl)cc1. The molecule has 30 heavy (non-hydrogen) atoms. The van der Waals surface area contributed by atoms with E-state index in [2.05, 4.69) is 5.32 Å². The van der Waals surface area contributed by atoms with Gasteiger partial charge in [-0.1, -0.05) is 11.6 Å². The molecule has 0 amide bonds. The molecule has 0 saturated heterocycles. The number of esters is 1. The molecule has 2 aromatic rings. The molecule has 2 N–H and O–H groups in total. The number of anilines is 1. The zero-order valence-electron chi connectivity index (χ0n) is 16.8. The number of aliphatic hydroxyl groups is 1. The third kappa shape index (κ3) is 5.57. The van der Waals surface area contributed by atoms with Crippen molar-refractivity contribution in [3.8, 4) is 0 Å². The Bertz CT molecular complexity index is 1020. The van der Waals surface area contributed by atoms with Crippen molar-refractivity contribution in [1.82, 2.24) is 4.31 Å². The third-order valence-corrected chi connectivity index (χ3v) is 6.26. The first-order valence-corrected chi connectivity index (χ1v) is 10.8. The minimum Gasteiger partial charge on any atom is -0.451 e. The van der Waals surface area contributed by atoms with Crippen LogP contribution in [0.3, 0.4) is 0 Å². The van der Waals surface area contributed by atoms with Crippen molar-refractivity contribution in [2.24, 2.45) is 0 Å². The summed E-state index contributed by atoms with van der Waals surface area (Å²) in [5.74, 6) is -1.30. The molecule has 0 aliphatic heterocycles. The van der Waals surface area contributed by atoms with Gasteiger partial charge in [0, 0.05) is 36.9 Å². The summed E-state index contributed by atoms with van der Waals surface area (Å²) >= 11 is 5.82. The van der Waals surface area contributed by atoms with Crippen LogP contribution in [0.4, 0.5) is 5.69 Å². The summed E-state index contributed by atoms with van der Waals surface area (Å²) in [4.78, 5) is 25.2.